The molecule has 3 aliphatic carbocycles. The molecule has 41 heavy (non-hydrogen) atoms. The van der Waals surface area contributed by atoms with Crippen molar-refractivity contribution < 1.29 is 32.5 Å². The predicted octanol–water partition coefficient (Wildman–Crippen LogP) is 6.98. The second-order valence-corrected chi connectivity index (χ2v) is 11.9. The zero-order valence-corrected chi connectivity index (χ0v) is 23.2. The summed E-state index contributed by atoms with van der Waals surface area (Å²) in [6.07, 6.45) is 1.11. The zero-order chi connectivity index (χ0) is 29.0. The number of hydrogen-bond acceptors (Lipinski definition) is 4. The molecule has 1 N–H and O–H groups in total. The molecule has 2 aromatic rings. The van der Waals surface area contributed by atoms with E-state index in [1.165, 1.54) is 23.3 Å². The van der Waals surface area contributed by atoms with Gasteiger partial charge in [0.25, 0.3) is 0 Å². The molecule has 4 nitrogen and oxygen atoms in total. The number of halogens is 3. The summed E-state index contributed by atoms with van der Waals surface area (Å²) in [5.74, 6) is 7.21. The summed E-state index contributed by atoms with van der Waals surface area (Å²) in [4.78, 5) is 12.3. The average Bonchev–Trinajstić information content (AvgIpc) is 3.13. The number of rotatable bonds is 2. The predicted molar refractivity (Wildman–Crippen MR) is 148 cm³/mol. The smallest absolute Gasteiger partial charge is 0.416 e. The van der Waals surface area contributed by atoms with Crippen LogP contribution >= 0.6 is 0 Å². The number of fused-ring (bicyclic) bond motifs is 4. The number of aliphatic hydroxyl groups is 1. The molecule has 1 heterocycles. The maximum atomic E-state index is 13.0. The molecule has 1 aliphatic heterocycles. The maximum Gasteiger partial charge on any atom is 0.416 e. The van der Waals surface area contributed by atoms with Crippen molar-refractivity contribution in [1.29, 1.82) is 0 Å². The Hall–Kier alpha value is -3.34. The van der Waals surface area contributed by atoms with Crippen LogP contribution in [0.15, 0.2) is 71.3 Å². The van der Waals surface area contributed by atoms with Crippen molar-refractivity contribution in [3.05, 3.63) is 88.0 Å². The maximum absolute atomic E-state index is 13.0. The Morgan fingerprint density at radius 3 is 2.44 bits per heavy atom. The molecule has 0 bridgehead atoms. The first-order chi connectivity index (χ1) is 19.5. The lowest BCUT2D eigenvalue weighted by atomic mass is 9.61. The van der Waals surface area contributed by atoms with E-state index in [0.29, 0.717) is 24.8 Å². The molecule has 2 fully saturated rings. The fraction of sp³-hybridized carbons (Fsp3) is 0.441. The minimum atomic E-state index is -4.42. The van der Waals surface area contributed by atoms with Gasteiger partial charge in [0.15, 0.2) is 5.78 Å². The van der Waals surface area contributed by atoms with E-state index in [9.17, 15) is 23.1 Å². The molecule has 7 heteroatoms. The molecule has 2 unspecified atom stereocenters. The zero-order valence-electron chi connectivity index (χ0n) is 23.2. The number of ether oxygens (including phenoxy) is 2. The molecular weight excluding hydrogens is 529 g/mol. The van der Waals surface area contributed by atoms with Crippen molar-refractivity contribution in [2.24, 2.45) is 17.3 Å². The lowest BCUT2D eigenvalue weighted by molar-refractivity contribution is -0.137. The Morgan fingerprint density at radius 2 is 1.76 bits per heavy atom. The Morgan fingerprint density at radius 1 is 1.02 bits per heavy atom. The largest absolute Gasteiger partial charge is 0.497 e. The van der Waals surface area contributed by atoms with Crippen LogP contribution in [0.3, 0.4) is 0 Å². The first-order valence-corrected chi connectivity index (χ1v) is 14.2. The number of methoxy groups -OCH3 is 1. The number of carbonyl (C=O) groups excluding carboxylic acids is 1. The Labute approximate surface area is 238 Å². The van der Waals surface area contributed by atoms with E-state index in [-0.39, 0.29) is 30.3 Å². The van der Waals surface area contributed by atoms with E-state index in [2.05, 4.69) is 11.8 Å². The third-order valence-electron chi connectivity index (χ3n) is 9.76. The van der Waals surface area contributed by atoms with Gasteiger partial charge in [0.05, 0.1) is 19.3 Å². The van der Waals surface area contributed by atoms with E-state index in [0.717, 1.165) is 48.3 Å². The summed E-state index contributed by atoms with van der Waals surface area (Å²) < 4.78 is 51.2. The van der Waals surface area contributed by atoms with Gasteiger partial charge in [-0.3, -0.25) is 4.79 Å². The molecule has 0 aromatic heterocycles. The van der Waals surface area contributed by atoms with Crippen LogP contribution in [0.4, 0.5) is 13.2 Å². The van der Waals surface area contributed by atoms with Crippen molar-refractivity contribution in [3.8, 4) is 17.6 Å². The summed E-state index contributed by atoms with van der Waals surface area (Å²) in [6, 6.07) is 12.6. The highest BCUT2D eigenvalue weighted by Crippen LogP contribution is 2.61. The monoisotopic (exact) mass is 562 g/mol. The summed E-state index contributed by atoms with van der Waals surface area (Å²) in [6.45, 7) is 2.32. The van der Waals surface area contributed by atoms with Gasteiger partial charge in [0.1, 0.15) is 17.5 Å². The van der Waals surface area contributed by atoms with Crippen molar-refractivity contribution in [1.82, 2.24) is 0 Å². The summed E-state index contributed by atoms with van der Waals surface area (Å²) in [5.41, 5.74) is 2.16. The standard InChI is InChI=1S/C34H33F3O4/c1-32-20-41-31(22-5-11-26(40-2)12-6-22)30-27-14-10-25(38)19-23(27)7-13-28(30)29(32)16-18-33(32,39)17-15-21-3-8-24(9-4-21)34(35,36)37/h3-6,8-9,11-12,19,28-29,31,39H,7,10,13-14,16,18,20H2,1-2H3/t28?,29?,31-,32+,33+/m1/s1. The fourth-order valence-electron chi connectivity index (χ4n) is 7.45. The molecule has 2 aromatic carbocycles. The van der Waals surface area contributed by atoms with Crippen LogP contribution in [0.1, 0.15) is 68.2 Å². The summed E-state index contributed by atoms with van der Waals surface area (Å²) in [5, 5.41) is 12.1. The SMILES string of the molecule is COc1ccc([C@H]2OC[C@@]3(C)C(CC[C@@]3(O)C#Cc3ccc(C(F)(F)F)cc3)C3CCC4=CC(=O)CCC4=C32)cc1. The molecule has 1 saturated heterocycles. The quantitative estimate of drug-likeness (QED) is 0.402. The molecular formula is C34H33F3O4. The van der Waals surface area contributed by atoms with Crippen molar-refractivity contribution in [2.75, 3.05) is 13.7 Å². The normalized spacial score (nSPS) is 31.2. The molecule has 0 radical (unpaired) electrons. The lowest BCUT2D eigenvalue weighted by Gasteiger charge is -2.42. The molecule has 0 spiro atoms. The highest BCUT2D eigenvalue weighted by molar-refractivity contribution is 5.93. The van der Waals surface area contributed by atoms with Gasteiger partial charge in [-0.1, -0.05) is 30.9 Å². The first kappa shape index (κ1) is 27.8. The average molecular weight is 563 g/mol. The molecule has 6 rings (SSSR count). The molecule has 4 aliphatic rings. The van der Waals surface area contributed by atoms with Crippen LogP contribution in [0.25, 0.3) is 0 Å². The minimum Gasteiger partial charge on any atom is -0.497 e. The summed E-state index contributed by atoms with van der Waals surface area (Å²) >= 11 is 0. The van der Waals surface area contributed by atoms with Crippen LogP contribution in [-0.4, -0.2) is 30.2 Å². The Balaban J connectivity index is 1.40. The van der Waals surface area contributed by atoms with E-state index in [4.69, 9.17) is 9.47 Å². The third-order valence-corrected chi connectivity index (χ3v) is 9.76. The van der Waals surface area contributed by atoms with Crippen LogP contribution < -0.4 is 4.74 Å². The number of benzene rings is 2. The minimum absolute atomic E-state index is 0.0966. The molecule has 1 saturated carbocycles. The first-order valence-electron chi connectivity index (χ1n) is 14.2. The van der Waals surface area contributed by atoms with E-state index >= 15 is 0 Å². The van der Waals surface area contributed by atoms with Gasteiger partial charge in [-0.05, 0) is 109 Å². The van der Waals surface area contributed by atoms with Gasteiger partial charge < -0.3 is 14.6 Å². The van der Waals surface area contributed by atoms with Crippen molar-refractivity contribution in [2.45, 2.75) is 63.3 Å². The third kappa shape index (κ3) is 4.81. The van der Waals surface area contributed by atoms with Crippen LogP contribution in [0, 0.1) is 29.1 Å². The van der Waals surface area contributed by atoms with Crippen LogP contribution in [0.5, 0.6) is 5.75 Å². The van der Waals surface area contributed by atoms with Gasteiger partial charge in [-0.15, -0.1) is 0 Å². The number of hydrogen-bond donors (Lipinski definition) is 1. The van der Waals surface area contributed by atoms with Crippen LogP contribution in [0.2, 0.25) is 0 Å². The lowest BCUT2D eigenvalue weighted by Crippen LogP contribution is -2.48. The van der Waals surface area contributed by atoms with Crippen LogP contribution in [-0.2, 0) is 15.7 Å². The number of alkyl halides is 3. The highest BCUT2D eigenvalue weighted by atomic mass is 19.4. The molecule has 5 atom stereocenters. The van der Waals surface area contributed by atoms with E-state index < -0.39 is 22.8 Å². The summed E-state index contributed by atoms with van der Waals surface area (Å²) in [7, 11) is 1.63. The number of allylic oxidation sites excluding steroid dienone is 3. The van der Waals surface area contributed by atoms with Gasteiger partial charge in [-0.2, -0.15) is 13.2 Å². The van der Waals surface area contributed by atoms with E-state index in [1.54, 1.807) is 13.2 Å². The highest BCUT2D eigenvalue weighted by Gasteiger charge is 2.61. The Kier molecular flexibility index (Phi) is 6.91. The Bertz CT molecular complexity index is 1480. The molecule has 0 amide bonds. The second kappa shape index (κ2) is 10.2. The molecule has 214 valence electrons. The number of carbonyl (C=O) groups is 1. The topological polar surface area (TPSA) is 55.8 Å². The van der Waals surface area contributed by atoms with Gasteiger partial charge in [-0.25, -0.2) is 0 Å². The van der Waals surface area contributed by atoms with Crippen molar-refractivity contribution >= 4 is 5.78 Å². The fourth-order valence-corrected chi connectivity index (χ4v) is 7.45. The van der Waals surface area contributed by atoms with E-state index in [1.807, 2.05) is 31.2 Å². The second-order valence-electron chi connectivity index (χ2n) is 11.9. The van der Waals surface area contributed by atoms with Gasteiger partial charge >= 0.3 is 6.18 Å². The van der Waals surface area contributed by atoms with Gasteiger partial charge in [0, 0.05) is 17.4 Å². The number of ketones is 1. The van der Waals surface area contributed by atoms with Gasteiger partial charge in [0.2, 0.25) is 0 Å². The van der Waals surface area contributed by atoms with Crippen molar-refractivity contribution in [3.63, 3.8) is 0 Å².